The molecule has 0 saturated carbocycles. The number of nitrogens with zero attached hydrogens (tertiary/aromatic N) is 1. The maximum atomic E-state index is 5.59. The Morgan fingerprint density at radius 1 is 0.652 bits per heavy atom. The van der Waals surface area contributed by atoms with E-state index in [-0.39, 0.29) is 0 Å². The van der Waals surface area contributed by atoms with Gasteiger partial charge in [0.25, 0.3) is 0 Å². The summed E-state index contributed by atoms with van der Waals surface area (Å²) in [5, 5.41) is 0. The fourth-order valence-electron chi connectivity index (χ4n) is 2.20. The summed E-state index contributed by atoms with van der Waals surface area (Å²) in [4.78, 5) is 2.64. The van der Waals surface area contributed by atoms with E-state index in [1.54, 1.807) is 0 Å². The molecule has 0 aromatic heterocycles. The molecule has 0 aliphatic carbocycles. The Balaban J connectivity index is 0.000000433. The summed E-state index contributed by atoms with van der Waals surface area (Å²) in [6.45, 7) is 10.8. The van der Waals surface area contributed by atoms with Gasteiger partial charge in [-0.15, -0.1) is 23.2 Å². The molecule has 0 aliphatic heterocycles. The Hall–Kier alpha value is -0.240. The molecule has 0 atom stereocenters. The Morgan fingerprint density at radius 3 is 1.17 bits per heavy atom. The Bertz CT molecular complexity index is 309. The fourth-order valence-corrected chi connectivity index (χ4v) is 2.55. The molecule has 0 heterocycles. The van der Waals surface area contributed by atoms with Crippen LogP contribution in [0.1, 0.15) is 70.4 Å². The second kappa shape index (κ2) is 16.6. The minimum absolute atomic E-state index is 0.572. The summed E-state index contributed by atoms with van der Waals surface area (Å²) in [5.74, 6) is 1.14. The lowest BCUT2D eigenvalue weighted by Gasteiger charge is -2.21. The van der Waals surface area contributed by atoms with E-state index in [0.29, 0.717) is 11.8 Å². The molecule has 1 rings (SSSR count). The minimum atomic E-state index is 0.572. The van der Waals surface area contributed by atoms with Crippen molar-refractivity contribution >= 4 is 23.2 Å². The van der Waals surface area contributed by atoms with E-state index in [1.165, 1.54) is 58.2 Å². The highest BCUT2D eigenvalue weighted by Crippen LogP contribution is 2.08. The van der Waals surface area contributed by atoms with Gasteiger partial charge < -0.3 is 4.90 Å². The molecule has 23 heavy (non-hydrogen) atoms. The first-order valence-electron chi connectivity index (χ1n) is 9.13. The molecular formula is C20H35Cl2N. The zero-order valence-electron chi connectivity index (χ0n) is 15.3. The molecule has 0 radical (unpaired) electrons. The molecule has 0 bridgehead atoms. The van der Waals surface area contributed by atoms with Gasteiger partial charge in [-0.05, 0) is 50.0 Å². The molecule has 3 heteroatoms. The average Bonchev–Trinajstić information content (AvgIpc) is 2.61. The normalized spacial score (nSPS) is 10.5. The van der Waals surface area contributed by atoms with Crippen LogP contribution in [0.4, 0.5) is 0 Å². The van der Waals surface area contributed by atoms with Gasteiger partial charge in [-0.2, -0.15) is 0 Å². The van der Waals surface area contributed by atoms with Crippen molar-refractivity contribution in [2.45, 2.75) is 71.1 Å². The number of alkyl halides is 2. The molecule has 0 aliphatic rings. The van der Waals surface area contributed by atoms with Gasteiger partial charge in [0.05, 0.1) is 0 Å². The number of benzene rings is 1. The van der Waals surface area contributed by atoms with Gasteiger partial charge in [0.2, 0.25) is 0 Å². The van der Waals surface area contributed by atoms with Crippen LogP contribution in [0.15, 0.2) is 24.3 Å². The van der Waals surface area contributed by atoms with Gasteiger partial charge in [-0.25, -0.2) is 0 Å². The smallest absolute Gasteiger partial charge is 0.0474 e. The third-order valence-corrected chi connectivity index (χ3v) is 4.43. The second-order valence-electron chi connectivity index (χ2n) is 5.99. The van der Waals surface area contributed by atoms with E-state index < -0.39 is 0 Å². The zero-order chi connectivity index (χ0) is 17.3. The first-order chi connectivity index (χ1) is 11.2. The predicted octanol–water partition coefficient (Wildman–Crippen LogP) is 6.85. The predicted molar refractivity (Wildman–Crippen MR) is 107 cm³/mol. The van der Waals surface area contributed by atoms with Gasteiger partial charge in [0.1, 0.15) is 0 Å². The summed E-state index contributed by atoms with van der Waals surface area (Å²) in [5.41, 5.74) is 2.27. The molecule has 0 unspecified atom stereocenters. The molecule has 0 N–H and O–H groups in total. The van der Waals surface area contributed by atoms with Crippen LogP contribution in [0.2, 0.25) is 0 Å². The van der Waals surface area contributed by atoms with E-state index in [4.69, 9.17) is 23.2 Å². The molecular weight excluding hydrogens is 325 g/mol. The van der Waals surface area contributed by atoms with Crippen molar-refractivity contribution in [3.63, 3.8) is 0 Å². The quantitative estimate of drug-likeness (QED) is 0.390. The average molecular weight is 360 g/mol. The lowest BCUT2D eigenvalue weighted by atomic mass is 10.2. The fraction of sp³-hybridized carbons (Fsp3) is 0.700. The lowest BCUT2D eigenvalue weighted by Crippen LogP contribution is -2.27. The van der Waals surface area contributed by atoms with Gasteiger partial charge in [-0.3, -0.25) is 0 Å². The van der Waals surface area contributed by atoms with Gasteiger partial charge in [0, 0.05) is 11.8 Å². The van der Waals surface area contributed by atoms with E-state index in [9.17, 15) is 0 Å². The highest BCUT2D eigenvalue weighted by atomic mass is 35.5. The van der Waals surface area contributed by atoms with Crippen LogP contribution in [-0.2, 0) is 11.8 Å². The topological polar surface area (TPSA) is 3.24 Å². The number of halogens is 2. The summed E-state index contributed by atoms with van der Waals surface area (Å²) in [7, 11) is 0. The zero-order valence-corrected chi connectivity index (χ0v) is 16.8. The number of rotatable bonds is 11. The van der Waals surface area contributed by atoms with Crippen LogP contribution in [0.5, 0.6) is 0 Å². The third-order valence-electron chi connectivity index (χ3n) is 3.82. The molecule has 134 valence electrons. The van der Waals surface area contributed by atoms with E-state index in [1.807, 2.05) is 24.3 Å². The lowest BCUT2D eigenvalue weighted by molar-refractivity contribution is 0.261. The Morgan fingerprint density at radius 2 is 0.957 bits per heavy atom. The second-order valence-corrected chi connectivity index (χ2v) is 6.52. The van der Waals surface area contributed by atoms with Crippen molar-refractivity contribution in [1.82, 2.24) is 4.90 Å². The minimum Gasteiger partial charge on any atom is -0.303 e. The first-order valence-corrected chi connectivity index (χ1v) is 10.2. The maximum absolute atomic E-state index is 5.59. The van der Waals surface area contributed by atoms with Crippen LogP contribution in [-0.4, -0.2) is 24.5 Å². The molecule has 0 fully saturated rings. The standard InChI is InChI=1S/C12H27N.C8H8Cl2/c1-4-7-10-13(11-8-5-2)12-9-6-3;9-5-7-1-2-8(6-10)4-3-7/h4-12H2,1-3H3;1-4H,5-6H2. The molecule has 1 aromatic rings. The summed E-state index contributed by atoms with van der Waals surface area (Å²) in [6.07, 6.45) is 8.09. The Kier molecular flexibility index (Phi) is 16.4. The maximum Gasteiger partial charge on any atom is 0.0474 e. The molecule has 0 amide bonds. The first kappa shape index (κ1) is 22.8. The summed E-state index contributed by atoms with van der Waals surface area (Å²) >= 11 is 11.2. The van der Waals surface area contributed by atoms with Gasteiger partial charge >= 0.3 is 0 Å². The highest BCUT2D eigenvalue weighted by molar-refractivity contribution is 6.17. The molecule has 0 saturated heterocycles. The largest absolute Gasteiger partial charge is 0.303 e. The summed E-state index contributed by atoms with van der Waals surface area (Å²) < 4.78 is 0. The Labute approximate surface area is 154 Å². The third kappa shape index (κ3) is 12.8. The van der Waals surface area contributed by atoms with Crippen molar-refractivity contribution in [2.75, 3.05) is 19.6 Å². The van der Waals surface area contributed by atoms with Crippen molar-refractivity contribution < 1.29 is 0 Å². The van der Waals surface area contributed by atoms with E-state index in [0.717, 1.165) is 11.1 Å². The van der Waals surface area contributed by atoms with Crippen molar-refractivity contribution in [2.24, 2.45) is 0 Å². The van der Waals surface area contributed by atoms with E-state index >= 15 is 0 Å². The van der Waals surface area contributed by atoms with Crippen LogP contribution in [0, 0.1) is 0 Å². The molecule has 0 spiro atoms. The van der Waals surface area contributed by atoms with Crippen LogP contribution in [0.3, 0.4) is 0 Å². The monoisotopic (exact) mass is 359 g/mol. The van der Waals surface area contributed by atoms with E-state index in [2.05, 4.69) is 25.7 Å². The molecule has 1 aromatic carbocycles. The highest BCUT2D eigenvalue weighted by Gasteiger charge is 2.01. The van der Waals surface area contributed by atoms with Gasteiger partial charge in [0.15, 0.2) is 0 Å². The number of hydrogen-bond donors (Lipinski definition) is 0. The van der Waals surface area contributed by atoms with Crippen LogP contribution in [0.25, 0.3) is 0 Å². The molecule has 1 nitrogen and oxygen atoms in total. The van der Waals surface area contributed by atoms with Crippen molar-refractivity contribution in [1.29, 1.82) is 0 Å². The number of hydrogen-bond acceptors (Lipinski definition) is 1. The SMILES string of the molecule is CCCCN(CCCC)CCCC.ClCc1ccc(CCl)cc1. The van der Waals surface area contributed by atoms with Gasteiger partial charge in [-0.1, -0.05) is 64.3 Å². The van der Waals surface area contributed by atoms with Crippen molar-refractivity contribution in [3.05, 3.63) is 35.4 Å². The summed E-state index contributed by atoms with van der Waals surface area (Å²) in [6, 6.07) is 7.96. The van der Waals surface area contributed by atoms with Crippen LogP contribution < -0.4 is 0 Å². The van der Waals surface area contributed by atoms with Crippen LogP contribution >= 0.6 is 23.2 Å². The number of unbranched alkanes of at least 4 members (excludes halogenated alkanes) is 3. The van der Waals surface area contributed by atoms with Crippen molar-refractivity contribution in [3.8, 4) is 0 Å².